The van der Waals surface area contributed by atoms with Crippen LogP contribution >= 0.6 is 15.9 Å². The van der Waals surface area contributed by atoms with E-state index in [0.29, 0.717) is 12.8 Å². The van der Waals surface area contributed by atoms with Crippen molar-refractivity contribution in [1.29, 1.82) is 0 Å². The molecule has 1 atom stereocenters. The van der Waals surface area contributed by atoms with E-state index in [-0.39, 0.29) is 6.54 Å². The summed E-state index contributed by atoms with van der Waals surface area (Å²) in [5, 5.41) is 0.934. The maximum absolute atomic E-state index is 12.5. The molecule has 0 radical (unpaired) electrons. The predicted molar refractivity (Wildman–Crippen MR) is 58.2 cm³/mol. The molecule has 0 bridgehead atoms. The number of hydrogen-bond acceptors (Lipinski definition) is 1. The van der Waals surface area contributed by atoms with E-state index in [1.807, 2.05) is 4.90 Å². The van der Waals surface area contributed by atoms with Gasteiger partial charge in [-0.1, -0.05) is 15.9 Å². The van der Waals surface area contributed by atoms with Crippen LogP contribution in [0.4, 0.5) is 13.2 Å². The molecule has 1 heterocycles. The molecule has 0 amide bonds. The number of hydrogen-bond donors (Lipinski definition) is 0. The molecule has 1 fully saturated rings. The Morgan fingerprint density at radius 2 is 2.00 bits per heavy atom. The maximum Gasteiger partial charge on any atom is 0.393 e. The normalized spacial score (nSPS) is 24.4. The van der Waals surface area contributed by atoms with E-state index >= 15 is 0 Å². The Morgan fingerprint density at radius 1 is 1.27 bits per heavy atom. The first-order chi connectivity index (χ1) is 7.04. The number of rotatable bonds is 4. The number of piperidine rings is 1. The number of nitrogens with zero attached hydrogens (tertiary/aromatic N) is 1. The summed E-state index contributed by atoms with van der Waals surface area (Å²) in [5.74, 6) is -1.10. The molecular weight excluding hydrogens is 271 g/mol. The van der Waals surface area contributed by atoms with Crippen molar-refractivity contribution in [3.05, 3.63) is 0 Å². The monoisotopic (exact) mass is 287 g/mol. The summed E-state index contributed by atoms with van der Waals surface area (Å²) in [7, 11) is 0. The summed E-state index contributed by atoms with van der Waals surface area (Å²) >= 11 is 3.32. The lowest BCUT2D eigenvalue weighted by Gasteiger charge is -2.33. The maximum atomic E-state index is 12.5. The van der Waals surface area contributed by atoms with E-state index in [0.717, 1.165) is 31.3 Å². The quantitative estimate of drug-likeness (QED) is 0.566. The lowest BCUT2D eigenvalue weighted by Crippen LogP contribution is -2.42. The van der Waals surface area contributed by atoms with Gasteiger partial charge < -0.3 is 4.90 Å². The predicted octanol–water partition coefficient (Wildman–Crippen LogP) is 3.44. The summed E-state index contributed by atoms with van der Waals surface area (Å²) in [4.78, 5) is 1.95. The Kier molecular flexibility index (Phi) is 5.39. The van der Waals surface area contributed by atoms with Crippen molar-refractivity contribution >= 4 is 15.9 Å². The van der Waals surface area contributed by atoms with Crippen molar-refractivity contribution < 1.29 is 13.2 Å². The Labute approximate surface area is 97.1 Å². The number of halogens is 4. The SMILES string of the molecule is FC(F)(F)C1CCCN(CCCCBr)C1. The molecule has 0 aliphatic carbocycles. The van der Waals surface area contributed by atoms with Gasteiger partial charge in [0.2, 0.25) is 0 Å². The zero-order valence-corrected chi connectivity index (χ0v) is 10.3. The fourth-order valence-electron chi connectivity index (χ4n) is 1.96. The average Bonchev–Trinajstić information content (AvgIpc) is 2.17. The van der Waals surface area contributed by atoms with Crippen molar-refractivity contribution in [1.82, 2.24) is 4.90 Å². The molecule has 5 heteroatoms. The third-order valence-corrected chi connectivity index (χ3v) is 3.39. The first kappa shape index (κ1) is 13.3. The van der Waals surface area contributed by atoms with Gasteiger partial charge in [-0.3, -0.25) is 0 Å². The van der Waals surface area contributed by atoms with Crippen molar-refractivity contribution in [2.24, 2.45) is 5.92 Å². The van der Waals surface area contributed by atoms with Crippen molar-refractivity contribution in [3.63, 3.8) is 0 Å². The number of unbranched alkanes of at least 4 members (excludes halogenated alkanes) is 1. The summed E-state index contributed by atoms with van der Waals surface area (Å²) < 4.78 is 37.4. The minimum absolute atomic E-state index is 0.200. The van der Waals surface area contributed by atoms with Crippen LogP contribution in [-0.2, 0) is 0 Å². The van der Waals surface area contributed by atoms with E-state index in [2.05, 4.69) is 15.9 Å². The van der Waals surface area contributed by atoms with E-state index < -0.39 is 12.1 Å². The lowest BCUT2D eigenvalue weighted by atomic mass is 9.97. The van der Waals surface area contributed by atoms with Crippen molar-refractivity contribution in [2.45, 2.75) is 31.9 Å². The van der Waals surface area contributed by atoms with Crippen LogP contribution in [0.15, 0.2) is 0 Å². The summed E-state index contributed by atoms with van der Waals surface area (Å²) in [6.07, 6.45) is -1.01. The molecule has 0 N–H and O–H groups in total. The summed E-state index contributed by atoms with van der Waals surface area (Å²) in [6, 6.07) is 0. The van der Waals surface area contributed by atoms with Gasteiger partial charge in [0.1, 0.15) is 0 Å². The van der Waals surface area contributed by atoms with E-state index in [4.69, 9.17) is 0 Å². The van der Waals surface area contributed by atoms with Crippen LogP contribution in [0.2, 0.25) is 0 Å². The minimum atomic E-state index is -4.01. The summed E-state index contributed by atoms with van der Waals surface area (Å²) in [6.45, 7) is 1.83. The highest BCUT2D eigenvalue weighted by atomic mass is 79.9. The van der Waals surface area contributed by atoms with Gasteiger partial charge in [-0.25, -0.2) is 0 Å². The van der Waals surface area contributed by atoms with Crippen LogP contribution in [0.3, 0.4) is 0 Å². The highest BCUT2D eigenvalue weighted by Gasteiger charge is 2.41. The molecule has 1 saturated heterocycles. The summed E-state index contributed by atoms with van der Waals surface area (Å²) in [5.41, 5.74) is 0. The molecule has 1 aliphatic rings. The molecule has 1 aliphatic heterocycles. The molecule has 90 valence electrons. The molecule has 15 heavy (non-hydrogen) atoms. The topological polar surface area (TPSA) is 3.24 Å². The van der Waals surface area contributed by atoms with Crippen LogP contribution in [-0.4, -0.2) is 36.0 Å². The second-order valence-corrected chi connectivity index (χ2v) is 4.87. The van der Waals surface area contributed by atoms with Crippen LogP contribution in [0, 0.1) is 5.92 Å². The Hall–Kier alpha value is 0.230. The molecule has 0 aromatic carbocycles. The number of alkyl halides is 4. The third kappa shape index (κ3) is 4.72. The largest absolute Gasteiger partial charge is 0.393 e. The smallest absolute Gasteiger partial charge is 0.303 e. The van der Waals surface area contributed by atoms with E-state index in [1.54, 1.807) is 0 Å². The first-order valence-electron chi connectivity index (χ1n) is 5.39. The fraction of sp³-hybridized carbons (Fsp3) is 1.00. The van der Waals surface area contributed by atoms with Gasteiger partial charge in [0.05, 0.1) is 5.92 Å². The van der Waals surface area contributed by atoms with Gasteiger partial charge in [0.15, 0.2) is 0 Å². The van der Waals surface area contributed by atoms with Crippen LogP contribution in [0.1, 0.15) is 25.7 Å². The van der Waals surface area contributed by atoms with Gasteiger partial charge in [-0.05, 0) is 38.8 Å². The van der Waals surface area contributed by atoms with Gasteiger partial charge in [-0.15, -0.1) is 0 Å². The van der Waals surface area contributed by atoms with Crippen molar-refractivity contribution in [3.8, 4) is 0 Å². The van der Waals surface area contributed by atoms with Crippen molar-refractivity contribution in [2.75, 3.05) is 25.0 Å². The molecule has 0 aromatic rings. The molecule has 0 spiro atoms. The molecule has 1 rings (SSSR count). The molecular formula is C10H17BrF3N. The van der Waals surface area contributed by atoms with Gasteiger partial charge in [0, 0.05) is 11.9 Å². The average molecular weight is 288 g/mol. The molecule has 1 unspecified atom stereocenters. The minimum Gasteiger partial charge on any atom is -0.303 e. The Balaban J connectivity index is 2.29. The Morgan fingerprint density at radius 3 is 2.60 bits per heavy atom. The lowest BCUT2D eigenvalue weighted by molar-refractivity contribution is -0.186. The zero-order chi connectivity index (χ0) is 11.3. The van der Waals surface area contributed by atoms with E-state index in [1.165, 1.54) is 0 Å². The molecule has 0 aromatic heterocycles. The van der Waals surface area contributed by atoms with Gasteiger partial charge in [0.25, 0.3) is 0 Å². The van der Waals surface area contributed by atoms with Crippen LogP contribution < -0.4 is 0 Å². The Bertz CT molecular complexity index is 184. The highest BCUT2D eigenvalue weighted by molar-refractivity contribution is 9.09. The third-order valence-electron chi connectivity index (χ3n) is 2.83. The second-order valence-electron chi connectivity index (χ2n) is 4.08. The fourth-order valence-corrected chi connectivity index (χ4v) is 2.35. The molecule has 1 nitrogen and oxygen atoms in total. The second kappa shape index (κ2) is 6.09. The number of likely N-dealkylation sites (tertiary alicyclic amines) is 1. The van der Waals surface area contributed by atoms with E-state index in [9.17, 15) is 13.2 Å². The van der Waals surface area contributed by atoms with Crippen LogP contribution in [0.5, 0.6) is 0 Å². The van der Waals surface area contributed by atoms with Crippen LogP contribution in [0.25, 0.3) is 0 Å². The van der Waals surface area contributed by atoms with Gasteiger partial charge in [-0.2, -0.15) is 13.2 Å². The highest BCUT2D eigenvalue weighted by Crippen LogP contribution is 2.33. The molecule has 0 saturated carbocycles. The van der Waals surface area contributed by atoms with Gasteiger partial charge >= 0.3 is 6.18 Å². The first-order valence-corrected chi connectivity index (χ1v) is 6.51. The zero-order valence-electron chi connectivity index (χ0n) is 8.69. The standard InChI is InChI=1S/C10H17BrF3N/c11-5-1-2-6-15-7-3-4-9(8-15)10(12,13)14/h9H,1-8H2.